The van der Waals surface area contributed by atoms with Gasteiger partial charge < -0.3 is 14.8 Å². The monoisotopic (exact) mass is 388 g/mol. The van der Waals surface area contributed by atoms with Crippen LogP contribution in [0.3, 0.4) is 0 Å². The Hall–Kier alpha value is -3.49. The van der Waals surface area contributed by atoms with Crippen molar-refractivity contribution < 1.29 is 23.0 Å². The van der Waals surface area contributed by atoms with Gasteiger partial charge in [-0.25, -0.2) is 13.8 Å². The largest absolute Gasteiger partial charge is 0.496 e. The van der Waals surface area contributed by atoms with Gasteiger partial charge in [0.2, 0.25) is 5.88 Å². The fourth-order valence-corrected chi connectivity index (χ4v) is 2.63. The molecule has 1 N–H and O–H groups in total. The molecule has 0 spiro atoms. The van der Waals surface area contributed by atoms with Gasteiger partial charge in [-0.3, -0.25) is 9.48 Å². The third-order valence-electron chi connectivity index (χ3n) is 3.94. The fourth-order valence-electron chi connectivity index (χ4n) is 2.63. The van der Waals surface area contributed by atoms with Crippen molar-refractivity contribution >= 4 is 11.6 Å². The van der Waals surface area contributed by atoms with E-state index in [9.17, 15) is 13.6 Å². The lowest BCUT2D eigenvalue weighted by atomic mass is 10.1. The first-order chi connectivity index (χ1) is 13.4. The van der Waals surface area contributed by atoms with E-state index in [4.69, 9.17) is 9.47 Å². The second-order valence-electron chi connectivity index (χ2n) is 5.75. The highest BCUT2D eigenvalue weighted by Crippen LogP contribution is 2.32. The van der Waals surface area contributed by atoms with Crippen molar-refractivity contribution in [1.29, 1.82) is 0 Å². The number of hydrogen-bond acceptors (Lipinski definition) is 5. The summed E-state index contributed by atoms with van der Waals surface area (Å²) in [6.45, 7) is 2.30. The van der Waals surface area contributed by atoms with Crippen molar-refractivity contribution in [3.63, 3.8) is 0 Å². The molecule has 0 unspecified atom stereocenters. The van der Waals surface area contributed by atoms with Gasteiger partial charge in [0, 0.05) is 19.3 Å². The number of carbonyl (C=O) groups is 1. The Balaban J connectivity index is 1.92. The number of pyridine rings is 1. The molecule has 0 aliphatic rings. The SMILES string of the molecule is CCOc1cc(OC)c(-c2cc(C(=O)Nc3c(F)cccc3F)nn2C)cn1. The Morgan fingerprint density at radius 1 is 1.25 bits per heavy atom. The van der Waals surface area contributed by atoms with Crippen LogP contribution in [0.1, 0.15) is 17.4 Å². The number of aromatic nitrogens is 3. The quantitative estimate of drug-likeness (QED) is 0.700. The highest BCUT2D eigenvalue weighted by molar-refractivity contribution is 6.03. The number of ether oxygens (including phenoxy) is 2. The number of amides is 1. The maximum Gasteiger partial charge on any atom is 0.276 e. The molecule has 146 valence electrons. The third kappa shape index (κ3) is 3.78. The smallest absolute Gasteiger partial charge is 0.276 e. The van der Waals surface area contributed by atoms with E-state index < -0.39 is 23.2 Å². The van der Waals surface area contributed by atoms with E-state index in [1.165, 1.54) is 23.9 Å². The molecule has 3 aromatic rings. The normalized spacial score (nSPS) is 10.6. The van der Waals surface area contributed by atoms with Crippen LogP contribution in [-0.2, 0) is 7.05 Å². The molecule has 0 atom stereocenters. The molecule has 0 saturated carbocycles. The molecule has 28 heavy (non-hydrogen) atoms. The first kappa shape index (κ1) is 19.3. The van der Waals surface area contributed by atoms with E-state index in [0.29, 0.717) is 29.5 Å². The van der Waals surface area contributed by atoms with Gasteiger partial charge in [-0.05, 0) is 25.1 Å². The minimum absolute atomic E-state index is 0.0175. The molecule has 0 saturated heterocycles. The van der Waals surface area contributed by atoms with E-state index in [1.807, 2.05) is 6.92 Å². The standard InChI is InChI=1S/C19H18F2N4O3/c1-4-28-17-9-16(27-3)11(10-22-17)15-8-14(24-25(15)2)19(26)23-18-12(20)6-5-7-13(18)21/h5-10H,4H2,1-3H3,(H,23,26). The summed E-state index contributed by atoms with van der Waals surface area (Å²) in [5, 5.41) is 6.33. The zero-order valence-electron chi connectivity index (χ0n) is 15.5. The fraction of sp³-hybridized carbons (Fsp3) is 0.211. The van der Waals surface area contributed by atoms with Crippen molar-refractivity contribution in [2.45, 2.75) is 6.92 Å². The van der Waals surface area contributed by atoms with Crippen LogP contribution < -0.4 is 14.8 Å². The number of halogens is 2. The van der Waals surface area contributed by atoms with E-state index in [2.05, 4.69) is 15.4 Å². The van der Waals surface area contributed by atoms with Crippen LogP contribution in [0.2, 0.25) is 0 Å². The van der Waals surface area contributed by atoms with Crippen molar-refractivity contribution in [1.82, 2.24) is 14.8 Å². The number of anilines is 1. The molecule has 9 heteroatoms. The van der Waals surface area contributed by atoms with Gasteiger partial charge in [0.05, 0.1) is 25.0 Å². The van der Waals surface area contributed by atoms with E-state index in [-0.39, 0.29) is 5.69 Å². The second kappa shape index (κ2) is 8.03. The molecule has 3 rings (SSSR count). The summed E-state index contributed by atoms with van der Waals surface area (Å²) in [6, 6.07) is 6.43. The topological polar surface area (TPSA) is 78.3 Å². The van der Waals surface area contributed by atoms with Gasteiger partial charge >= 0.3 is 0 Å². The highest BCUT2D eigenvalue weighted by atomic mass is 19.1. The Morgan fingerprint density at radius 3 is 2.61 bits per heavy atom. The number of methoxy groups -OCH3 is 1. The van der Waals surface area contributed by atoms with Crippen LogP contribution in [0.4, 0.5) is 14.5 Å². The third-order valence-corrected chi connectivity index (χ3v) is 3.94. The number of aryl methyl sites for hydroxylation is 1. The summed E-state index contributed by atoms with van der Waals surface area (Å²) in [7, 11) is 3.13. The summed E-state index contributed by atoms with van der Waals surface area (Å²) in [5.74, 6) is -1.61. The van der Waals surface area contributed by atoms with Crippen molar-refractivity contribution in [2.24, 2.45) is 7.05 Å². The van der Waals surface area contributed by atoms with Gasteiger partial charge in [-0.1, -0.05) is 6.07 Å². The molecule has 2 heterocycles. The van der Waals surface area contributed by atoms with Crippen LogP contribution in [0.25, 0.3) is 11.3 Å². The van der Waals surface area contributed by atoms with Crippen molar-refractivity contribution in [3.8, 4) is 22.9 Å². The molecule has 0 aliphatic heterocycles. The lowest BCUT2D eigenvalue weighted by Gasteiger charge is -2.10. The molecule has 0 radical (unpaired) electrons. The number of hydrogen-bond donors (Lipinski definition) is 1. The predicted molar refractivity (Wildman–Crippen MR) is 98.5 cm³/mol. The number of benzene rings is 1. The van der Waals surface area contributed by atoms with E-state index in [1.54, 1.807) is 19.3 Å². The summed E-state index contributed by atoms with van der Waals surface area (Å²) in [6.07, 6.45) is 1.54. The highest BCUT2D eigenvalue weighted by Gasteiger charge is 2.20. The maximum atomic E-state index is 13.8. The number of nitrogens with zero attached hydrogens (tertiary/aromatic N) is 3. The molecule has 2 aromatic heterocycles. The van der Waals surface area contributed by atoms with Crippen LogP contribution in [0.15, 0.2) is 36.5 Å². The van der Waals surface area contributed by atoms with Gasteiger partial charge in [0.15, 0.2) is 5.69 Å². The minimum Gasteiger partial charge on any atom is -0.496 e. The number of rotatable bonds is 6. The van der Waals surface area contributed by atoms with Gasteiger partial charge in [-0.2, -0.15) is 5.10 Å². The van der Waals surface area contributed by atoms with Gasteiger partial charge in [-0.15, -0.1) is 0 Å². The van der Waals surface area contributed by atoms with E-state index >= 15 is 0 Å². The zero-order chi connectivity index (χ0) is 20.3. The Kier molecular flexibility index (Phi) is 5.53. The molecule has 1 aromatic carbocycles. The molecule has 0 aliphatic carbocycles. The predicted octanol–water partition coefficient (Wildman–Crippen LogP) is 3.42. The van der Waals surface area contributed by atoms with Crippen LogP contribution >= 0.6 is 0 Å². The molecule has 7 nitrogen and oxygen atoms in total. The van der Waals surface area contributed by atoms with Gasteiger partial charge in [0.25, 0.3) is 5.91 Å². The Morgan fingerprint density at radius 2 is 1.96 bits per heavy atom. The lowest BCUT2D eigenvalue weighted by molar-refractivity contribution is 0.102. The zero-order valence-corrected chi connectivity index (χ0v) is 15.5. The molecule has 1 amide bonds. The average Bonchev–Trinajstić information content (AvgIpc) is 3.06. The summed E-state index contributed by atoms with van der Waals surface area (Å²) >= 11 is 0. The lowest BCUT2D eigenvalue weighted by Crippen LogP contribution is -2.15. The van der Waals surface area contributed by atoms with Crippen molar-refractivity contribution in [3.05, 3.63) is 53.9 Å². The van der Waals surface area contributed by atoms with Gasteiger partial charge in [0.1, 0.15) is 23.1 Å². The summed E-state index contributed by atoms with van der Waals surface area (Å²) in [4.78, 5) is 16.6. The number of carbonyl (C=O) groups excluding carboxylic acids is 1. The summed E-state index contributed by atoms with van der Waals surface area (Å²) in [5.41, 5.74) is 0.569. The van der Waals surface area contributed by atoms with Crippen LogP contribution in [0.5, 0.6) is 11.6 Å². The van der Waals surface area contributed by atoms with E-state index in [0.717, 1.165) is 12.1 Å². The Bertz CT molecular complexity index is 1000. The van der Waals surface area contributed by atoms with Crippen molar-refractivity contribution in [2.75, 3.05) is 19.0 Å². The molecular formula is C19H18F2N4O3. The number of nitrogens with one attached hydrogen (secondary N) is 1. The minimum atomic E-state index is -0.873. The summed E-state index contributed by atoms with van der Waals surface area (Å²) < 4.78 is 39.7. The molecule has 0 bridgehead atoms. The molecule has 0 fully saturated rings. The van der Waals surface area contributed by atoms with Crippen LogP contribution in [-0.4, -0.2) is 34.4 Å². The molecular weight excluding hydrogens is 370 g/mol. The average molecular weight is 388 g/mol. The first-order valence-corrected chi connectivity index (χ1v) is 8.41. The Labute approximate surface area is 159 Å². The number of para-hydroxylation sites is 1. The maximum absolute atomic E-state index is 13.8. The first-order valence-electron chi connectivity index (χ1n) is 8.41. The second-order valence-corrected chi connectivity index (χ2v) is 5.75. The van der Waals surface area contributed by atoms with Crippen LogP contribution in [0, 0.1) is 11.6 Å².